The second kappa shape index (κ2) is 8.14. The summed E-state index contributed by atoms with van der Waals surface area (Å²) in [6.07, 6.45) is 0.454. The SMILES string of the molecule is O=Cc1ccccc1OCC(=O)N1CCOC(c2ccccc2Cl)C1. The van der Waals surface area contributed by atoms with E-state index in [1.54, 1.807) is 35.2 Å². The van der Waals surface area contributed by atoms with Gasteiger partial charge in [0.05, 0.1) is 18.7 Å². The predicted molar refractivity (Wildman–Crippen MR) is 94.0 cm³/mol. The zero-order chi connectivity index (χ0) is 17.6. The Morgan fingerprint density at radius 2 is 2.00 bits per heavy atom. The summed E-state index contributed by atoms with van der Waals surface area (Å²) < 4.78 is 11.3. The van der Waals surface area contributed by atoms with Crippen LogP contribution in [-0.4, -0.2) is 43.4 Å². The first kappa shape index (κ1) is 17.5. The lowest BCUT2D eigenvalue weighted by Crippen LogP contribution is -2.44. The van der Waals surface area contributed by atoms with Crippen LogP contribution in [0.1, 0.15) is 22.0 Å². The molecule has 2 aromatic carbocycles. The number of benzene rings is 2. The first-order valence-corrected chi connectivity index (χ1v) is 8.37. The number of hydrogen-bond acceptors (Lipinski definition) is 4. The lowest BCUT2D eigenvalue weighted by atomic mass is 10.1. The minimum Gasteiger partial charge on any atom is -0.483 e. The molecule has 1 aliphatic rings. The van der Waals surface area contributed by atoms with Gasteiger partial charge in [0.25, 0.3) is 5.91 Å². The molecule has 1 heterocycles. The molecule has 1 aliphatic heterocycles. The highest BCUT2D eigenvalue weighted by Gasteiger charge is 2.26. The van der Waals surface area contributed by atoms with Gasteiger partial charge in [0.1, 0.15) is 11.9 Å². The zero-order valence-electron chi connectivity index (χ0n) is 13.6. The van der Waals surface area contributed by atoms with Crippen molar-refractivity contribution in [3.8, 4) is 5.75 Å². The highest BCUT2D eigenvalue weighted by molar-refractivity contribution is 6.31. The van der Waals surface area contributed by atoms with Gasteiger partial charge in [-0.05, 0) is 18.2 Å². The van der Waals surface area contributed by atoms with Crippen LogP contribution >= 0.6 is 11.6 Å². The number of ether oxygens (including phenoxy) is 2. The van der Waals surface area contributed by atoms with Gasteiger partial charge in [0, 0.05) is 17.1 Å². The molecule has 6 heteroatoms. The van der Waals surface area contributed by atoms with Crippen LogP contribution in [-0.2, 0) is 9.53 Å². The fraction of sp³-hybridized carbons (Fsp3) is 0.263. The Kier molecular flexibility index (Phi) is 5.68. The highest BCUT2D eigenvalue weighted by Crippen LogP contribution is 2.28. The van der Waals surface area contributed by atoms with Gasteiger partial charge in [-0.1, -0.05) is 41.9 Å². The Labute approximate surface area is 151 Å². The molecule has 1 fully saturated rings. The maximum absolute atomic E-state index is 12.5. The second-order valence-corrected chi connectivity index (χ2v) is 6.07. The normalized spacial score (nSPS) is 17.2. The van der Waals surface area contributed by atoms with Crippen molar-refractivity contribution in [2.75, 3.05) is 26.3 Å². The second-order valence-electron chi connectivity index (χ2n) is 5.67. The van der Waals surface area contributed by atoms with E-state index in [0.717, 1.165) is 5.56 Å². The van der Waals surface area contributed by atoms with E-state index >= 15 is 0 Å². The minimum absolute atomic E-state index is 0.125. The van der Waals surface area contributed by atoms with Crippen LogP contribution in [0.15, 0.2) is 48.5 Å². The van der Waals surface area contributed by atoms with Crippen LogP contribution in [0.3, 0.4) is 0 Å². The third-order valence-electron chi connectivity index (χ3n) is 4.07. The molecule has 3 rings (SSSR count). The summed E-state index contributed by atoms with van der Waals surface area (Å²) >= 11 is 6.22. The zero-order valence-corrected chi connectivity index (χ0v) is 14.3. The quantitative estimate of drug-likeness (QED) is 0.770. The molecule has 0 aromatic heterocycles. The van der Waals surface area contributed by atoms with E-state index in [4.69, 9.17) is 21.1 Å². The molecule has 0 spiro atoms. The van der Waals surface area contributed by atoms with E-state index in [0.29, 0.717) is 42.3 Å². The Balaban J connectivity index is 1.62. The first-order valence-electron chi connectivity index (χ1n) is 8.00. The molecule has 0 saturated carbocycles. The number of para-hydroxylation sites is 1. The topological polar surface area (TPSA) is 55.8 Å². The van der Waals surface area contributed by atoms with Crippen LogP contribution in [0.25, 0.3) is 0 Å². The number of hydrogen-bond donors (Lipinski definition) is 0. The van der Waals surface area contributed by atoms with Gasteiger partial charge in [-0.2, -0.15) is 0 Å². The van der Waals surface area contributed by atoms with E-state index in [1.165, 1.54) is 0 Å². The molecule has 1 saturated heterocycles. The smallest absolute Gasteiger partial charge is 0.260 e. The van der Waals surface area contributed by atoms with Gasteiger partial charge in [0.15, 0.2) is 12.9 Å². The standard InChI is InChI=1S/C19H18ClNO4/c20-16-7-3-2-6-15(16)18-11-21(9-10-24-18)19(23)13-25-17-8-4-1-5-14(17)12-22/h1-8,12,18H,9-11,13H2. The third kappa shape index (κ3) is 4.18. The van der Waals surface area contributed by atoms with Crippen molar-refractivity contribution in [3.63, 3.8) is 0 Å². The summed E-state index contributed by atoms with van der Waals surface area (Å²) in [5, 5.41) is 0.623. The number of nitrogens with zero attached hydrogens (tertiary/aromatic N) is 1. The Morgan fingerprint density at radius 1 is 1.24 bits per heavy atom. The van der Waals surface area contributed by atoms with Crippen molar-refractivity contribution >= 4 is 23.8 Å². The van der Waals surface area contributed by atoms with Crippen LogP contribution < -0.4 is 4.74 Å². The summed E-state index contributed by atoms with van der Waals surface area (Å²) in [4.78, 5) is 25.2. The molecule has 1 amide bonds. The summed E-state index contributed by atoms with van der Waals surface area (Å²) in [5.74, 6) is 0.253. The van der Waals surface area contributed by atoms with Crippen LogP contribution in [0.2, 0.25) is 5.02 Å². The maximum atomic E-state index is 12.5. The summed E-state index contributed by atoms with van der Waals surface area (Å²) in [5.41, 5.74) is 1.29. The van der Waals surface area contributed by atoms with E-state index in [1.807, 2.05) is 18.2 Å². The molecule has 25 heavy (non-hydrogen) atoms. The van der Waals surface area contributed by atoms with E-state index < -0.39 is 0 Å². The number of aldehydes is 1. The summed E-state index contributed by atoms with van der Waals surface area (Å²) in [7, 11) is 0. The molecule has 130 valence electrons. The molecular weight excluding hydrogens is 342 g/mol. The van der Waals surface area contributed by atoms with Crippen molar-refractivity contribution in [2.24, 2.45) is 0 Å². The average Bonchev–Trinajstić information content (AvgIpc) is 2.66. The molecule has 1 unspecified atom stereocenters. The number of amides is 1. The number of carbonyl (C=O) groups is 2. The minimum atomic E-state index is -0.256. The summed E-state index contributed by atoms with van der Waals surface area (Å²) in [6, 6.07) is 14.3. The molecular formula is C19H18ClNO4. The van der Waals surface area contributed by atoms with Gasteiger partial charge >= 0.3 is 0 Å². The molecule has 0 N–H and O–H groups in total. The molecule has 1 atom stereocenters. The maximum Gasteiger partial charge on any atom is 0.260 e. The van der Waals surface area contributed by atoms with E-state index in [9.17, 15) is 9.59 Å². The van der Waals surface area contributed by atoms with Crippen molar-refractivity contribution in [1.82, 2.24) is 4.90 Å². The van der Waals surface area contributed by atoms with Crippen LogP contribution in [0.5, 0.6) is 5.75 Å². The molecule has 0 radical (unpaired) electrons. The van der Waals surface area contributed by atoms with Crippen molar-refractivity contribution < 1.29 is 19.1 Å². The van der Waals surface area contributed by atoms with Crippen molar-refractivity contribution in [1.29, 1.82) is 0 Å². The Morgan fingerprint density at radius 3 is 2.80 bits per heavy atom. The van der Waals surface area contributed by atoms with E-state index in [2.05, 4.69) is 0 Å². The van der Waals surface area contributed by atoms with Crippen LogP contribution in [0, 0.1) is 0 Å². The number of halogens is 1. The van der Waals surface area contributed by atoms with Gasteiger partial charge in [-0.3, -0.25) is 9.59 Å². The predicted octanol–water partition coefficient (Wildman–Crippen LogP) is 3.13. The van der Waals surface area contributed by atoms with Gasteiger partial charge in [-0.25, -0.2) is 0 Å². The first-order chi connectivity index (χ1) is 12.2. The highest BCUT2D eigenvalue weighted by atomic mass is 35.5. The fourth-order valence-electron chi connectivity index (χ4n) is 2.74. The summed E-state index contributed by atoms with van der Waals surface area (Å²) in [6.45, 7) is 1.23. The fourth-order valence-corrected chi connectivity index (χ4v) is 3.00. The molecule has 0 bridgehead atoms. The number of carbonyl (C=O) groups excluding carboxylic acids is 2. The van der Waals surface area contributed by atoms with Gasteiger partial charge in [-0.15, -0.1) is 0 Å². The van der Waals surface area contributed by atoms with Crippen LogP contribution in [0.4, 0.5) is 0 Å². The average molecular weight is 360 g/mol. The third-order valence-corrected chi connectivity index (χ3v) is 4.41. The molecule has 0 aliphatic carbocycles. The van der Waals surface area contributed by atoms with Crippen molar-refractivity contribution in [3.05, 3.63) is 64.7 Å². The lowest BCUT2D eigenvalue weighted by Gasteiger charge is -2.33. The number of morpholine rings is 1. The largest absolute Gasteiger partial charge is 0.483 e. The Hall–Kier alpha value is -2.37. The number of rotatable bonds is 5. The van der Waals surface area contributed by atoms with Crippen molar-refractivity contribution in [2.45, 2.75) is 6.10 Å². The van der Waals surface area contributed by atoms with Gasteiger partial charge in [0.2, 0.25) is 0 Å². The van der Waals surface area contributed by atoms with E-state index in [-0.39, 0.29) is 18.6 Å². The molecule has 2 aromatic rings. The molecule has 5 nitrogen and oxygen atoms in total. The monoisotopic (exact) mass is 359 g/mol. The van der Waals surface area contributed by atoms with Gasteiger partial charge < -0.3 is 14.4 Å². The Bertz CT molecular complexity index is 765. The lowest BCUT2D eigenvalue weighted by molar-refractivity contribution is -0.141.